The van der Waals surface area contributed by atoms with Crippen molar-refractivity contribution in [3.63, 3.8) is 0 Å². The van der Waals surface area contributed by atoms with Crippen molar-refractivity contribution in [1.82, 2.24) is 0 Å². The lowest BCUT2D eigenvalue weighted by molar-refractivity contribution is 0.0100. The minimum Gasteiger partial charge on any atom is -0.396 e. The molecule has 0 rings (SSSR count). The van der Waals surface area contributed by atoms with Gasteiger partial charge in [-0.3, -0.25) is 0 Å². The first kappa shape index (κ1) is 12.9. The van der Waals surface area contributed by atoms with Gasteiger partial charge in [-0.15, -0.1) is 0 Å². The Kier molecular flexibility index (Phi) is 6.29. The topological polar surface area (TPSA) is 49.7 Å². The predicted molar refractivity (Wildman–Crippen MR) is 52.6 cm³/mol. The summed E-state index contributed by atoms with van der Waals surface area (Å²) in [6.45, 7) is 4.84. The Hall–Kier alpha value is -0.120. The van der Waals surface area contributed by atoms with E-state index in [1.807, 2.05) is 0 Å². The van der Waals surface area contributed by atoms with Crippen LogP contribution in [-0.2, 0) is 4.74 Å². The summed E-state index contributed by atoms with van der Waals surface area (Å²) in [4.78, 5) is 0. The Morgan fingerprint density at radius 3 is 2.08 bits per heavy atom. The van der Waals surface area contributed by atoms with E-state index in [1.165, 1.54) is 0 Å². The molecule has 80 valence electrons. The Labute approximate surface area is 80.7 Å². The van der Waals surface area contributed by atoms with E-state index in [-0.39, 0.29) is 18.6 Å². The van der Waals surface area contributed by atoms with Gasteiger partial charge in [-0.2, -0.15) is 0 Å². The van der Waals surface area contributed by atoms with Gasteiger partial charge >= 0.3 is 0 Å². The van der Waals surface area contributed by atoms with Crippen molar-refractivity contribution < 1.29 is 14.9 Å². The summed E-state index contributed by atoms with van der Waals surface area (Å²) in [6.07, 6.45) is 1.55. The maximum Gasteiger partial charge on any atom is 0.0510 e. The fourth-order valence-electron chi connectivity index (χ4n) is 1.62. The molecule has 0 aromatic carbocycles. The van der Waals surface area contributed by atoms with Gasteiger partial charge in [0.2, 0.25) is 0 Å². The van der Waals surface area contributed by atoms with Crippen LogP contribution in [0.2, 0.25) is 0 Å². The van der Waals surface area contributed by atoms with Crippen LogP contribution < -0.4 is 0 Å². The number of hydrogen-bond donors (Lipinski definition) is 2. The lowest BCUT2D eigenvalue weighted by atomic mass is 9.79. The molecule has 0 unspecified atom stereocenters. The second-order valence-electron chi connectivity index (χ2n) is 4.16. The third-order valence-electron chi connectivity index (χ3n) is 2.35. The second-order valence-corrected chi connectivity index (χ2v) is 4.16. The number of aliphatic hydroxyl groups excluding tert-OH is 2. The van der Waals surface area contributed by atoms with Crippen LogP contribution in [0.1, 0.15) is 26.7 Å². The highest BCUT2D eigenvalue weighted by Crippen LogP contribution is 2.29. The highest BCUT2D eigenvalue weighted by atomic mass is 16.5. The smallest absolute Gasteiger partial charge is 0.0510 e. The predicted octanol–water partition coefficient (Wildman–Crippen LogP) is 1.04. The molecule has 0 saturated carbocycles. The fraction of sp³-hybridized carbons (Fsp3) is 1.00. The van der Waals surface area contributed by atoms with Crippen molar-refractivity contribution in [2.45, 2.75) is 26.7 Å². The molecule has 0 bridgehead atoms. The zero-order chi connectivity index (χ0) is 10.3. The lowest BCUT2D eigenvalue weighted by Crippen LogP contribution is -2.32. The van der Waals surface area contributed by atoms with Crippen molar-refractivity contribution in [1.29, 1.82) is 0 Å². The summed E-state index contributed by atoms with van der Waals surface area (Å²) in [5, 5.41) is 18.5. The summed E-state index contributed by atoms with van der Waals surface area (Å²) >= 11 is 0. The first-order valence-corrected chi connectivity index (χ1v) is 4.81. The summed E-state index contributed by atoms with van der Waals surface area (Å²) in [6, 6.07) is 0. The van der Waals surface area contributed by atoms with Crippen molar-refractivity contribution in [3.8, 4) is 0 Å². The largest absolute Gasteiger partial charge is 0.396 e. The van der Waals surface area contributed by atoms with E-state index in [9.17, 15) is 10.2 Å². The van der Waals surface area contributed by atoms with E-state index in [1.54, 1.807) is 7.11 Å². The maximum absolute atomic E-state index is 9.24. The van der Waals surface area contributed by atoms with Gasteiger partial charge in [0, 0.05) is 19.1 Å². The Balaban J connectivity index is 4.13. The molecular weight excluding hydrogens is 168 g/mol. The first-order valence-electron chi connectivity index (χ1n) is 4.81. The number of ether oxygens (including phenoxy) is 1. The maximum atomic E-state index is 9.24. The standard InChI is InChI=1S/C10H22O3/c1-9(2)6-10(7-11,8-12)4-5-13-3/h9,11-12H,4-8H2,1-3H3. The van der Waals surface area contributed by atoms with Gasteiger partial charge in [-0.25, -0.2) is 0 Å². The molecule has 0 amide bonds. The van der Waals surface area contributed by atoms with E-state index in [2.05, 4.69) is 13.8 Å². The van der Waals surface area contributed by atoms with Crippen LogP contribution in [-0.4, -0.2) is 37.1 Å². The molecule has 2 N–H and O–H groups in total. The molecule has 0 aliphatic heterocycles. The molecule has 3 heteroatoms. The van der Waals surface area contributed by atoms with Crippen molar-refractivity contribution >= 4 is 0 Å². The van der Waals surface area contributed by atoms with Crippen LogP contribution in [0.4, 0.5) is 0 Å². The third kappa shape index (κ3) is 4.60. The molecule has 0 radical (unpaired) electrons. The quantitative estimate of drug-likeness (QED) is 0.630. The molecule has 0 aliphatic rings. The van der Waals surface area contributed by atoms with Crippen LogP contribution in [0.5, 0.6) is 0 Å². The van der Waals surface area contributed by atoms with E-state index in [4.69, 9.17) is 4.74 Å². The van der Waals surface area contributed by atoms with E-state index >= 15 is 0 Å². The van der Waals surface area contributed by atoms with Crippen molar-refractivity contribution in [2.75, 3.05) is 26.9 Å². The average Bonchev–Trinajstić information content (AvgIpc) is 2.12. The van der Waals surface area contributed by atoms with Crippen LogP contribution >= 0.6 is 0 Å². The molecule has 0 saturated heterocycles. The molecule has 0 aromatic heterocycles. The summed E-state index contributed by atoms with van der Waals surface area (Å²) in [5.74, 6) is 0.483. The Morgan fingerprint density at radius 2 is 1.77 bits per heavy atom. The van der Waals surface area contributed by atoms with Crippen LogP contribution in [0, 0.1) is 11.3 Å². The zero-order valence-corrected chi connectivity index (χ0v) is 8.92. The van der Waals surface area contributed by atoms with Gasteiger partial charge in [0.05, 0.1) is 13.2 Å². The van der Waals surface area contributed by atoms with Gasteiger partial charge in [-0.1, -0.05) is 13.8 Å². The van der Waals surface area contributed by atoms with Crippen LogP contribution in [0.3, 0.4) is 0 Å². The van der Waals surface area contributed by atoms with E-state index in [0.717, 1.165) is 6.42 Å². The molecule has 0 heterocycles. The van der Waals surface area contributed by atoms with Gasteiger partial charge in [0.1, 0.15) is 0 Å². The summed E-state index contributed by atoms with van der Waals surface area (Å²) in [7, 11) is 1.63. The third-order valence-corrected chi connectivity index (χ3v) is 2.35. The molecular formula is C10H22O3. The normalized spacial score (nSPS) is 12.5. The molecule has 0 atom stereocenters. The fourth-order valence-corrected chi connectivity index (χ4v) is 1.62. The number of hydrogen-bond acceptors (Lipinski definition) is 3. The highest BCUT2D eigenvalue weighted by molar-refractivity contribution is 4.78. The SMILES string of the molecule is COCCC(CO)(CO)CC(C)C. The van der Waals surface area contributed by atoms with Gasteiger partial charge < -0.3 is 14.9 Å². The monoisotopic (exact) mass is 190 g/mol. The minimum absolute atomic E-state index is 0.0328. The zero-order valence-electron chi connectivity index (χ0n) is 8.92. The molecule has 13 heavy (non-hydrogen) atoms. The van der Waals surface area contributed by atoms with E-state index < -0.39 is 0 Å². The number of rotatable bonds is 7. The summed E-state index contributed by atoms with van der Waals surface area (Å²) < 4.78 is 4.96. The molecule has 0 spiro atoms. The van der Waals surface area contributed by atoms with Crippen LogP contribution in [0.15, 0.2) is 0 Å². The lowest BCUT2D eigenvalue weighted by Gasteiger charge is -2.31. The molecule has 0 aromatic rings. The number of methoxy groups -OCH3 is 1. The van der Waals surface area contributed by atoms with Gasteiger partial charge in [0.15, 0.2) is 0 Å². The molecule has 3 nitrogen and oxygen atoms in total. The Bertz CT molecular complexity index is 119. The molecule has 0 fully saturated rings. The van der Waals surface area contributed by atoms with Gasteiger partial charge in [-0.05, 0) is 18.8 Å². The minimum atomic E-state index is -0.357. The van der Waals surface area contributed by atoms with Crippen LogP contribution in [0.25, 0.3) is 0 Å². The molecule has 0 aliphatic carbocycles. The average molecular weight is 190 g/mol. The first-order chi connectivity index (χ1) is 6.10. The van der Waals surface area contributed by atoms with Crippen molar-refractivity contribution in [2.24, 2.45) is 11.3 Å². The second kappa shape index (κ2) is 6.35. The van der Waals surface area contributed by atoms with Crippen molar-refractivity contribution in [3.05, 3.63) is 0 Å². The van der Waals surface area contributed by atoms with Gasteiger partial charge in [0.25, 0.3) is 0 Å². The Morgan fingerprint density at radius 1 is 1.23 bits per heavy atom. The number of aliphatic hydroxyl groups is 2. The highest BCUT2D eigenvalue weighted by Gasteiger charge is 2.29. The summed E-state index contributed by atoms with van der Waals surface area (Å²) in [5.41, 5.74) is -0.357. The van der Waals surface area contributed by atoms with E-state index in [0.29, 0.717) is 18.9 Å².